The van der Waals surface area contributed by atoms with Gasteiger partial charge in [-0.2, -0.15) is 5.10 Å². The van der Waals surface area contributed by atoms with Crippen molar-refractivity contribution in [3.63, 3.8) is 0 Å². The maximum atomic E-state index is 6.38. The van der Waals surface area contributed by atoms with E-state index in [-0.39, 0.29) is 6.04 Å². The van der Waals surface area contributed by atoms with Crippen LogP contribution in [0.3, 0.4) is 0 Å². The number of nitrogens with zero attached hydrogens (tertiary/aromatic N) is 2. The first-order valence-electron chi connectivity index (χ1n) is 7.29. The lowest BCUT2D eigenvalue weighted by molar-refractivity contribution is 0.413. The number of methoxy groups -OCH3 is 1. The minimum atomic E-state index is 0.00616. The third-order valence-corrected chi connectivity index (χ3v) is 3.67. The molecule has 1 aromatic heterocycles. The van der Waals surface area contributed by atoms with E-state index in [1.807, 2.05) is 22.9 Å². The quantitative estimate of drug-likeness (QED) is 0.848. The number of rotatable bonds is 7. The van der Waals surface area contributed by atoms with Crippen molar-refractivity contribution in [1.29, 1.82) is 0 Å². The summed E-state index contributed by atoms with van der Waals surface area (Å²) in [5, 5.41) is 8.57. The summed E-state index contributed by atoms with van der Waals surface area (Å²) < 4.78 is 7.31. The third kappa shape index (κ3) is 3.57. The molecule has 1 N–H and O–H groups in total. The van der Waals surface area contributed by atoms with Crippen molar-refractivity contribution < 1.29 is 4.74 Å². The van der Waals surface area contributed by atoms with Crippen LogP contribution in [0, 0.1) is 0 Å². The molecule has 4 nitrogen and oxygen atoms in total. The topological polar surface area (TPSA) is 39.1 Å². The van der Waals surface area contributed by atoms with Gasteiger partial charge in [0.2, 0.25) is 0 Å². The predicted molar refractivity (Wildman–Crippen MR) is 86.0 cm³/mol. The zero-order valence-electron chi connectivity index (χ0n) is 12.8. The zero-order valence-corrected chi connectivity index (χ0v) is 13.5. The van der Waals surface area contributed by atoms with Crippen LogP contribution in [-0.4, -0.2) is 23.4 Å². The minimum Gasteiger partial charge on any atom is -0.497 e. The molecule has 0 spiro atoms. The highest BCUT2D eigenvalue weighted by molar-refractivity contribution is 6.31. The van der Waals surface area contributed by atoms with Crippen molar-refractivity contribution in [2.45, 2.75) is 32.9 Å². The first kappa shape index (κ1) is 15.9. The van der Waals surface area contributed by atoms with Crippen LogP contribution in [0.25, 0.3) is 0 Å². The SMILES string of the molecule is CCCn1ncc(Cl)c1C(NCC)c1cccc(OC)c1. The maximum Gasteiger partial charge on any atom is 0.119 e. The number of aromatic nitrogens is 2. The highest BCUT2D eigenvalue weighted by Gasteiger charge is 2.21. The van der Waals surface area contributed by atoms with E-state index in [4.69, 9.17) is 16.3 Å². The van der Waals surface area contributed by atoms with E-state index in [1.54, 1.807) is 13.3 Å². The Hall–Kier alpha value is -1.52. The Labute approximate surface area is 131 Å². The molecule has 0 aliphatic carbocycles. The molecule has 2 aromatic rings. The van der Waals surface area contributed by atoms with Gasteiger partial charge >= 0.3 is 0 Å². The molecule has 0 bridgehead atoms. The molecule has 1 heterocycles. The van der Waals surface area contributed by atoms with E-state index in [9.17, 15) is 0 Å². The fourth-order valence-electron chi connectivity index (χ4n) is 2.45. The molecule has 1 aromatic carbocycles. The molecule has 0 radical (unpaired) electrons. The van der Waals surface area contributed by atoms with Crippen LogP contribution in [-0.2, 0) is 6.54 Å². The van der Waals surface area contributed by atoms with Crippen molar-refractivity contribution in [2.75, 3.05) is 13.7 Å². The van der Waals surface area contributed by atoms with Crippen molar-refractivity contribution in [1.82, 2.24) is 15.1 Å². The molecule has 0 aliphatic rings. The number of hydrogen-bond donors (Lipinski definition) is 1. The Bertz CT molecular complexity index is 583. The first-order valence-corrected chi connectivity index (χ1v) is 7.67. The number of halogens is 1. The summed E-state index contributed by atoms with van der Waals surface area (Å²) in [5.74, 6) is 0.841. The van der Waals surface area contributed by atoms with Crippen LogP contribution in [0.15, 0.2) is 30.5 Å². The molecule has 0 aliphatic heterocycles. The standard InChI is InChI=1S/C16H22ClN3O/c1-4-9-20-16(14(17)11-19-20)15(18-5-2)12-7-6-8-13(10-12)21-3/h6-8,10-11,15,18H,4-5,9H2,1-3H3. The molecule has 0 amide bonds. The Balaban J connectivity index is 2.45. The normalized spacial score (nSPS) is 12.4. The van der Waals surface area contributed by atoms with Crippen LogP contribution in [0.5, 0.6) is 5.75 Å². The van der Waals surface area contributed by atoms with E-state index in [1.165, 1.54) is 0 Å². The first-order chi connectivity index (χ1) is 10.2. The summed E-state index contributed by atoms with van der Waals surface area (Å²) in [6.07, 6.45) is 2.74. The van der Waals surface area contributed by atoms with Crippen molar-refractivity contribution >= 4 is 11.6 Å². The third-order valence-electron chi connectivity index (χ3n) is 3.38. The van der Waals surface area contributed by atoms with Gasteiger partial charge in [-0.15, -0.1) is 0 Å². The second-order valence-corrected chi connectivity index (χ2v) is 5.28. The van der Waals surface area contributed by atoms with Crippen LogP contribution in [0.1, 0.15) is 37.6 Å². The number of ether oxygens (including phenoxy) is 1. The molecule has 114 valence electrons. The van der Waals surface area contributed by atoms with Gasteiger partial charge in [0.1, 0.15) is 5.75 Å². The summed E-state index contributed by atoms with van der Waals surface area (Å²) in [4.78, 5) is 0. The predicted octanol–water partition coefficient (Wildman–Crippen LogP) is 3.65. The van der Waals surface area contributed by atoms with Gasteiger partial charge in [0.15, 0.2) is 0 Å². The van der Waals surface area contributed by atoms with Gasteiger partial charge < -0.3 is 10.1 Å². The molecular weight excluding hydrogens is 286 g/mol. The average molecular weight is 308 g/mol. The van der Waals surface area contributed by atoms with Crippen molar-refractivity contribution in [3.8, 4) is 5.75 Å². The van der Waals surface area contributed by atoms with Crippen LogP contribution in [0.4, 0.5) is 0 Å². The number of hydrogen-bond acceptors (Lipinski definition) is 3. The largest absolute Gasteiger partial charge is 0.497 e. The molecule has 5 heteroatoms. The lowest BCUT2D eigenvalue weighted by Gasteiger charge is -2.21. The van der Waals surface area contributed by atoms with Gasteiger partial charge in [-0.25, -0.2) is 0 Å². The molecule has 1 atom stereocenters. The van der Waals surface area contributed by atoms with Crippen molar-refractivity contribution in [2.24, 2.45) is 0 Å². The van der Waals surface area contributed by atoms with E-state index in [0.717, 1.165) is 36.5 Å². The summed E-state index contributed by atoms with van der Waals surface area (Å²) >= 11 is 6.38. The Morgan fingerprint density at radius 2 is 2.19 bits per heavy atom. The monoisotopic (exact) mass is 307 g/mol. The van der Waals surface area contributed by atoms with Crippen molar-refractivity contribution in [3.05, 3.63) is 46.7 Å². The van der Waals surface area contributed by atoms with Gasteiger partial charge in [-0.1, -0.05) is 37.6 Å². The lowest BCUT2D eigenvalue weighted by atomic mass is 10.0. The van der Waals surface area contributed by atoms with E-state index < -0.39 is 0 Å². The average Bonchev–Trinajstić information content (AvgIpc) is 2.86. The van der Waals surface area contributed by atoms with Gasteiger partial charge in [0, 0.05) is 6.54 Å². The van der Waals surface area contributed by atoms with E-state index in [2.05, 4.69) is 30.3 Å². The highest BCUT2D eigenvalue weighted by atomic mass is 35.5. The summed E-state index contributed by atoms with van der Waals surface area (Å²) in [5.41, 5.74) is 2.13. The Morgan fingerprint density at radius 3 is 2.86 bits per heavy atom. The zero-order chi connectivity index (χ0) is 15.2. The van der Waals surface area contributed by atoms with Crippen LogP contribution in [0.2, 0.25) is 5.02 Å². The molecule has 0 saturated heterocycles. The maximum absolute atomic E-state index is 6.38. The van der Waals surface area contributed by atoms with Gasteiger partial charge in [0.25, 0.3) is 0 Å². The van der Waals surface area contributed by atoms with Gasteiger partial charge in [-0.3, -0.25) is 4.68 Å². The van der Waals surface area contributed by atoms with E-state index in [0.29, 0.717) is 5.02 Å². The minimum absolute atomic E-state index is 0.00616. The summed E-state index contributed by atoms with van der Waals surface area (Å²) in [6.45, 7) is 5.91. The number of nitrogens with one attached hydrogen (secondary N) is 1. The summed E-state index contributed by atoms with van der Waals surface area (Å²) in [6, 6.07) is 8.05. The number of benzene rings is 1. The molecule has 0 saturated carbocycles. The van der Waals surface area contributed by atoms with E-state index >= 15 is 0 Å². The molecule has 0 fully saturated rings. The molecule has 2 rings (SSSR count). The van der Waals surface area contributed by atoms with Gasteiger partial charge in [0.05, 0.1) is 30.1 Å². The van der Waals surface area contributed by atoms with Gasteiger partial charge in [-0.05, 0) is 30.7 Å². The summed E-state index contributed by atoms with van der Waals surface area (Å²) in [7, 11) is 1.68. The van der Waals surface area contributed by atoms with Crippen LogP contribution < -0.4 is 10.1 Å². The second kappa shape index (κ2) is 7.48. The van der Waals surface area contributed by atoms with Crippen LogP contribution >= 0.6 is 11.6 Å². The second-order valence-electron chi connectivity index (χ2n) is 4.87. The fraction of sp³-hybridized carbons (Fsp3) is 0.438. The lowest BCUT2D eigenvalue weighted by Crippen LogP contribution is -2.25. The molecular formula is C16H22ClN3O. The molecule has 21 heavy (non-hydrogen) atoms. The number of aryl methyl sites for hydroxylation is 1. The highest BCUT2D eigenvalue weighted by Crippen LogP contribution is 2.30. The molecule has 1 unspecified atom stereocenters. The Kier molecular flexibility index (Phi) is 5.65. The smallest absolute Gasteiger partial charge is 0.119 e. The fourth-order valence-corrected chi connectivity index (χ4v) is 2.70. The Morgan fingerprint density at radius 1 is 1.38 bits per heavy atom.